The molecule has 4 heteroatoms. The first kappa shape index (κ1) is 13.4. The quantitative estimate of drug-likeness (QED) is 0.723. The van der Waals surface area contributed by atoms with Gasteiger partial charge in [-0.25, -0.2) is 0 Å². The summed E-state index contributed by atoms with van der Waals surface area (Å²) in [5.41, 5.74) is 1.42. The first-order valence-corrected chi connectivity index (χ1v) is 6.42. The van der Waals surface area contributed by atoms with Gasteiger partial charge in [0, 0.05) is 17.0 Å². The third-order valence-corrected chi connectivity index (χ3v) is 3.47. The molecule has 1 nitrogen and oxygen atoms in total. The van der Waals surface area contributed by atoms with E-state index in [0.29, 0.717) is 27.1 Å². The maximum Gasteiger partial charge on any atom is 0.167 e. The van der Waals surface area contributed by atoms with Crippen molar-refractivity contribution in [2.45, 2.75) is 6.42 Å². The van der Waals surface area contributed by atoms with Crippen LogP contribution in [0.2, 0.25) is 15.1 Å². The van der Waals surface area contributed by atoms with E-state index in [2.05, 4.69) is 0 Å². The topological polar surface area (TPSA) is 17.1 Å². The van der Waals surface area contributed by atoms with E-state index in [-0.39, 0.29) is 5.78 Å². The van der Waals surface area contributed by atoms with Crippen molar-refractivity contribution >= 4 is 40.6 Å². The van der Waals surface area contributed by atoms with Crippen LogP contribution in [0.3, 0.4) is 0 Å². The van der Waals surface area contributed by atoms with Crippen molar-refractivity contribution in [3.8, 4) is 0 Å². The van der Waals surface area contributed by atoms with Gasteiger partial charge in [0.2, 0.25) is 0 Å². The van der Waals surface area contributed by atoms with Gasteiger partial charge in [-0.05, 0) is 35.9 Å². The van der Waals surface area contributed by atoms with Gasteiger partial charge in [-0.1, -0.05) is 46.9 Å². The lowest BCUT2D eigenvalue weighted by Gasteiger charge is -2.03. The van der Waals surface area contributed by atoms with E-state index < -0.39 is 0 Å². The van der Waals surface area contributed by atoms with E-state index in [4.69, 9.17) is 34.8 Å². The van der Waals surface area contributed by atoms with Crippen LogP contribution in [0.4, 0.5) is 0 Å². The zero-order valence-corrected chi connectivity index (χ0v) is 11.6. The molecule has 0 radical (unpaired) electrons. The van der Waals surface area contributed by atoms with Crippen LogP contribution >= 0.6 is 34.8 Å². The van der Waals surface area contributed by atoms with Gasteiger partial charge in [0.05, 0.1) is 10.0 Å². The van der Waals surface area contributed by atoms with Crippen molar-refractivity contribution in [3.05, 3.63) is 68.7 Å². The number of ketones is 1. The standard InChI is InChI=1S/C14H9Cl3O/c15-11-3-1-2-9(6-11)7-14(18)10-4-5-12(16)13(17)8-10/h1-6,8H,7H2. The van der Waals surface area contributed by atoms with Gasteiger partial charge in [-0.15, -0.1) is 0 Å². The van der Waals surface area contributed by atoms with Crippen molar-refractivity contribution in [3.63, 3.8) is 0 Å². The molecule has 0 spiro atoms. The summed E-state index contributed by atoms with van der Waals surface area (Å²) >= 11 is 17.6. The molecule has 0 amide bonds. The molecule has 0 aromatic heterocycles. The van der Waals surface area contributed by atoms with Crippen LogP contribution < -0.4 is 0 Å². The molecule has 0 aliphatic heterocycles. The molecule has 0 fully saturated rings. The molecular formula is C14H9Cl3O. The van der Waals surface area contributed by atoms with Crippen LogP contribution in [0.5, 0.6) is 0 Å². The van der Waals surface area contributed by atoms with Gasteiger partial charge in [-0.2, -0.15) is 0 Å². The fraction of sp³-hybridized carbons (Fsp3) is 0.0714. The van der Waals surface area contributed by atoms with Crippen LogP contribution in [-0.2, 0) is 6.42 Å². The highest BCUT2D eigenvalue weighted by atomic mass is 35.5. The van der Waals surface area contributed by atoms with Crippen molar-refractivity contribution in [2.75, 3.05) is 0 Å². The summed E-state index contributed by atoms with van der Waals surface area (Å²) in [7, 11) is 0. The van der Waals surface area contributed by atoms with Gasteiger partial charge in [0.25, 0.3) is 0 Å². The second-order valence-electron chi connectivity index (χ2n) is 3.86. The summed E-state index contributed by atoms with van der Waals surface area (Å²) in [6.45, 7) is 0. The number of halogens is 3. The smallest absolute Gasteiger partial charge is 0.167 e. The fourth-order valence-electron chi connectivity index (χ4n) is 1.60. The number of carbonyl (C=O) groups is 1. The normalized spacial score (nSPS) is 10.4. The van der Waals surface area contributed by atoms with Gasteiger partial charge >= 0.3 is 0 Å². The molecule has 2 aromatic rings. The van der Waals surface area contributed by atoms with E-state index >= 15 is 0 Å². The predicted molar refractivity (Wildman–Crippen MR) is 75.9 cm³/mol. The molecule has 2 rings (SSSR count). The minimum Gasteiger partial charge on any atom is -0.294 e. The second kappa shape index (κ2) is 5.75. The molecule has 18 heavy (non-hydrogen) atoms. The predicted octanol–water partition coefficient (Wildman–Crippen LogP) is 5.07. The lowest BCUT2D eigenvalue weighted by atomic mass is 10.0. The Labute approximate surface area is 120 Å². The van der Waals surface area contributed by atoms with Crippen molar-refractivity contribution < 1.29 is 4.79 Å². The minimum absolute atomic E-state index is 0.0177. The molecule has 0 aliphatic rings. The fourth-order valence-corrected chi connectivity index (χ4v) is 2.11. The van der Waals surface area contributed by atoms with Crippen LogP contribution in [0.1, 0.15) is 15.9 Å². The summed E-state index contributed by atoms with van der Waals surface area (Å²) in [5.74, 6) is -0.0177. The zero-order valence-electron chi connectivity index (χ0n) is 9.29. The zero-order chi connectivity index (χ0) is 13.1. The summed E-state index contributed by atoms with van der Waals surface area (Å²) < 4.78 is 0. The Hall–Kier alpha value is -1.02. The van der Waals surface area contributed by atoms with E-state index in [1.807, 2.05) is 12.1 Å². The average molecular weight is 300 g/mol. The van der Waals surface area contributed by atoms with E-state index in [9.17, 15) is 4.79 Å². The third-order valence-electron chi connectivity index (χ3n) is 2.50. The monoisotopic (exact) mass is 298 g/mol. The molecule has 0 bridgehead atoms. The van der Waals surface area contributed by atoms with Crippen LogP contribution in [0, 0.1) is 0 Å². The van der Waals surface area contributed by atoms with Crippen molar-refractivity contribution in [2.24, 2.45) is 0 Å². The molecule has 0 heterocycles. The molecule has 92 valence electrons. The number of rotatable bonds is 3. The minimum atomic E-state index is -0.0177. The Morgan fingerprint density at radius 2 is 1.72 bits per heavy atom. The van der Waals surface area contributed by atoms with Gasteiger partial charge in [0.1, 0.15) is 0 Å². The molecule has 0 atom stereocenters. The van der Waals surface area contributed by atoms with Gasteiger partial charge < -0.3 is 0 Å². The number of benzene rings is 2. The summed E-state index contributed by atoms with van der Waals surface area (Å²) in [6, 6.07) is 12.1. The van der Waals surface area contributed by atoms with E-state index in [0.717, 1.165) is 5.56 Å². The molecular weight excluding hydrogens is 291 g/mol. The summed E-state index contributed by atoms with van der Waals surface area (Å²) in [6.07, 6.45) is 0.290. The Bertz CT molecular complexity index is 593. The Balaban J connectivity index is 2.19. The first-order chi connectivity index (χ1) is 8.56. The Morgan fingerprint density at radius 3 is 2.39 bits per heavy atom. The molecule has 0 saturated carbocycles. The van der Waals surface area contributed by atoms with E-state index in [1.54, 1.807) is 30.3 Å². The highest BCUT2D eigenvalue weighted by Crippen LogP contribution is 2.23. The lowest BCUT2D eigenvalue weighted by Crippen LogP contribution is -2.03. The van der Waals surface area contributed by atoms with E-state index in [1.165, 1.54) is 0 Å². The molecule has 0 unspecified atom stereocenters. The maximum atomic E-state index is 12.0. The highest BCUT2D eigenvalue weighted by Gasteiger charge is 2.09. The average Bonchev–Trinajstić information content (AvgIpc) is 2.32. The Morgan fingerprint density at radius 1 is 0.944 bits per heavy atom. The van der Waals surface area contributed by atoms with Gasteiger partial charge in [-0.3, -0.25) is 4.79 Å². The number of Topliss-reactive ketones (excluding diaryl/α,β-unsaturated/α-hetero) is 1. The SMILES string of the molecule is O=C(Cc1cccc(Cl)c1)c1ccc(Cl)c(Cl)c1. The third kappa shape index (κ3) is 3.26. The first-order valence-electron chi connectivity index (χ1n) is 5.29. The number of hydrogen-bond donors (Lipinski definition) is 0. The number of hydrogen-bond acceptors (Lipinski definition) is 1. The summed E-state index contributed by atoms with van der Waals surface area (Å²) in [4.78, 5) is 12.0. The summed E-state index contributed by atoms with van der Waals surface area (Å²) in [5, 5.41) is 1.44. The van der Waals surface area contributed by atoms with Crippen molar-refractivity contribution in [1.82, 2.24) is 0 Å². The molecule has 0 saturated heterocycles. The maximum absolute atomic E-state index is 12.0. The molecule has 0 N–H and O–H groups in total. The largest absolute Gasteiger partial charge is 0.294 e. The Kier molecular flexibility index (Phi) is 4.28. The molecule has 2 aromatic carbocycles. The van der Waals surface area contributed by atoms with Crippen LogP contribution in [0.25, 0.3) is 0 Å². The highest BCUT2D eigenvalue weighted by molar-refractivity contribution is 6.42. The van der Waals surface area contributed by atoms with Crippen LogP contribution in [0.15, 0.2) is 42.5 Å². The lowest BCUT2D eigenvalue weighted by molar-refractivity contribution is 0.0993. The van der Waals surface area contributed by atoms with Gasteiger partial charge in [0.15, 0.2) is 5.78 Å². The van der Waals surface area contributed by atoms with Crippen LogP contribution in [-0.4, -0.2) is 5.78 Å². The van der Waals surface area contributed by atoms with Crippen molar-refractivity contribution in [1.29, 1.82) is 0 Å². The molecule has 0 aliphatic carbocycles. The second-order valence-corrected chi connectivity index (χ2v) is 5.11. The number of carbonyl (C=O) groups excluding carboxylic acids is 1.